The molecule has 1 saturated carbocycles. The fourth-order valence-corrected chi connectivity index (χ4v) is 5.34. The topological polar surface area (TPSA) is 74.8 Å². The van der Waals surface area contributed by atoms with Gasteiger partial charge in [-0.15, -0.1) is 0 Å². The summed E-state index contributed by atoms with van der Waals surface area (Å²) in [6.07, 6.45) is 4.61. The molecule has 1 aliphatic carbocycles. The lowest BCUT2D eigenvalue weighted by molar-refractivity contribution is -0.142. The summed E-state index contributed by atoms with van der Waals surface area (Å²) in [7, 11) is -3.02. The first-order chi connectivity index (χ1) is 10.3. The van der Waals surface area contributed by atoms with E-state index in [4.69, 9.17) is 0 Å². The van der Waals surface area contributed by atoms with Gasteiger partial charge in [0.25, 0.3) is 0 Å². The predicted octanol–water partition coefficient (Wildman–Crippen LogP) is 0.813. The summed E-state index contributed by atoms with van der Waals surface area (Å²) < 4.78 is 23.2. The number of rotatable bonds is 5. The molecule has 0 aromatic heterocycles. The molecule has 7 heteroatoms. The summed E-state index contributed by atoms with van der Waals surface area (Å²) in [5.74, 6) is -0.00150. The highest BCUT2D eigenvalue weighted by atomic mass is 32.2. The molecular weight excluding hydrogens is 304 g/mol. The molecule has 126 valence electrons. The minimum atomic E-state index is -3.02. The quantitative estimate of drug-likeness (QED) is 0.748. The second-order valence-electron chi connectivity index (χ2n) is 6.32. The van der Waals surface area contributed by atoms with E-state index in [-0.39, 0.29) is 41.9 Å². The maximum Gasteiger partial charge on any atom is 0.242 e. The van der Waals surface area contributed by atoms with E-state index in [9.17, 15) is 18.0 Å². The monoisotopic (exact) mass is 330 g/mol. The molecule has 1 saturated heterocycles. The van der Waals surface area contributed by atoms with Crippen LogP contribution in [0.1, 0.15) is 46.0 Å². The van der Waals surface area contributed by atoms with Crippen LogP contribution >= 0.6 is 0 Å². The zero-order valence-electron chi connectivity index (χ0n) is 13.5. The smallest absolute Gasteiger partial charge is 0.242 e. The Balaban J connectivity index is 2.02. The van der Waals surface area contributed by atoms with Gasteiger partial charge in [-0.25, -0.2) is 8.42 Å². The van der Waals surface area contributed by atoms with E-state index < -0.39 is 9.84 Å². The Hall–Kier alpha value is -1.11. The molecule has 0 spiro atoms. The molecule has 0 aromatic rings. The first kappa shape index (κ1) is 17.2. The molecule has 1 atom stereocenters. The number of likely N-dealkylation sites (N-methyl/N-ethyl adjacent to an activating group) is 1. The fourth-order valence-electron chi connectivity index (χ4n) is 3.61. The maximum absolute atomic E-state index is 12.6. The second kappa shape index (κ2) is 6.98. The normalized spacial score (nSPS) is 24.4. The number of nitrogens with zero attached hydrogens (tertiary/aromatic N) is 2. The summed E-state index contributed by atoms with van der Waals surface area (Å²) in [5, 5.41) is 0. The molecule has 0 bridgehead atoms. The van der Waals surface area contributed by atoms with Gasteiger partial charge < -0.3 is 9.80 Å². The molecule has 6 nitrogen and oxygen atoms in total. The number of hydrogen-bond donors (Lipinski definition) is 0. The minimum Gasteiger partial charge on any atom is -0.337 e. The highest BCUT2D eigenvalue weighted by Gasteiger charge is 2.35. The van der Waals surface area contributed by atoms with Gasteiger partial charge in [0, 0.05) is 25.6 Å². The number of hydrogen-bond acceptors (Lipinski definition) is 4. The third-order valence-electron chi connectivity index (χ3n) is 4.79. The molecule has 0 aromatic carbocycles. The summed E-state index contributed by atoms with van der Waals surface area (Å²) >= 11 is 0. The third-order valence-corrected chi connectivity index (χ3v) is 6.54. The Morgan fingerprint density at radius 2 is 1.68 bits per heavy atom. The predicted molar refractivity (Wildman–Crippen MR) is 84.1 cm³/mol. The number of amides is 2. The van der Waals surface area contributed by atoms with E-state index in [0.29, 0.717) is 13.0 Å². The highest BCUT2D eigenvalue weighted by molar-refractivity contribution is 7.91. The molecule has 22 heavy (non-hydrogen) atoms. The van der Waals surface area contributed by atoms with Crippen LogP contribution in [0.15, 0.2) is 0 Å². The van der Waals surface area contributed by atoms with Crippen LogP contribution in [0.3, 0.4) is 0 Å². The first-order valence-electron chi connectivity index (χ1n) is 8.11. The molecule has 2 rings (SSSR count). The van der Waals surface area contributed by atoms with E-state index in [1.54, 1.807) is 9.80 Å². The van der Waals surface area contributed by atoms with Crippen molar-refractivity contribution in [1.82, 2.24) is 9.80 Å². The van der Waals surface area contributed by atoms with Crippen LogP contribution in [0.5, 0.6) is 0 Å². The Morgan fingerprint density at radius 1 is 1.05 bits per heavy atom. The summed E-state index contributed by atoms with van der Waals surface area (Å²) in [4.78, 5) is 27.7. The number of carbonyl (C=O) groups is 2. The minimum absolute atomic E-state index is 0.0517. The lowest BCUT2D eigenvalue weighted by atomic mass is 10.2. The van der Waals surface area contributed by atoms with E-state index in [1.165, 1.54) is 6.92 Å². The van der Waals surface area contributed by atoms with E-state index in [0.717, 1.165) is 25.7 Å². The maximum atomic E-state index is 12.6. The van der Waals surface area contributed by atoms with Gasteiger partial charge >= 0.3 is 0 Å². The van der Waals surface area contributed by atoms with Gasteiger partial charge in [-0.3, -0.25) is 9.59 Å². The first-order valence-corrected chi connectivity index (χ1v) is 9.93. The van der Waals surface area contributed by atoms with Crippen LogP contribution in [0.25, 0.3) is 0 Å². The lowest BCUT2D eigenvalue weighted by Gasteiger charge is -2.32. The lowest BCUT2D eigenvalue weighted by Crippen LogP contribution is -2.49. The van der Waals surface area contributed by atoms with Crippen LogP contribution < -0.4 is 0 Å². The van der Waals surface area contributed by atoms with Gasteiger partial charge in [-0.05, 0) is 26.2 Å². The zero-order chi connectivity index (χ0) is 16.3. The highest BCUT2D eigenvalue weighted by Crippen LogP contribution is 2.24. The molecule has 1 aliphatic heterocycles. The average Bonchev–Trinajstić information content (AvgIpc) is 3.06. The molecule has 1 unspecified atom stereocenters. The van der Waals surface area contributed by atoms with Gasteiger partial charge in [0.1, 0.15) is 0 Å². The van der Waals surface area contributed by atoms with E-state index in [2.05, 4.69) is 0 Å². The van der Waals surface area contributed by atoms with Crippen LogP contribution in [-0.2, 0) is 19.4 Å². The standard InChI is InChI=1S/C15H26N2O4S/c1-3-16(14-8-9-22(20,21)11-14)15(19)10-17(12(2)18)13-6-4-5-7-13/h13-14H,3-11H2,1-2H3. The molecule has 1 heterocycles. The van der Waals surface area contributed by atoms with Crippen molar-refractivity contribution in [2.75, 3.05) is 24.6 Å². The van der Waals surface area contributed by atoms with Gasteiger partial charge in [0.15, 0.2) is 9.84 Å². The molecule has 2 fully saturated rings. The fraction of sp³-hybridized carbons (Fsp3) is 0.867. The van der Waals surface area contributed by atoms with E-state index in [1.807, 2.05) is 6.92 Å². The second-order valence-corrected chi connectivity index (χ2v) is 8.55. The van der Waals surface area contributed by atoms with Gasteiger partial charge in [0.2, 0.25) is 11.8 Å². The van der Waals surface area contributed by atoms with Crippen molar-refractivity contribution in [3.63, 3.8) is 0 Å². The Morgan fingerprint density at radius 3 is 2.14 bits per heavy atom. The van der Waals surface area contributed by atoms with Gasteiger partial charge in [-0.1, -0.05) is 12.8 Å². The largest absolute Gasteiger partial charge is 0.337 e. The van der Waals surface area contributed by atoms with Crippen LogP contribution in [0, 0.1) is 0 Å². The summed E-state index contributed by atoms with van der Waals surface area (Å²) in [6, 6.07) is -0.0765. The van der Waals surface area contributed by atoms with Crippen molar-refractivity contribution in [1.29, 1.82) is 0 Å². The third kappa shape index (κ3) is 4.00. The van der Waals surface area contributed by atoms with Crippen LogP contribution in [0.2, 0.25) is 0 Å². The summed E-state index contributed by atoms with van der Waals surface area (Å²) in [6.45, 7) is 3.91. The van der Waals surface area contributed by atoms with Gasteiger partial charge in [-0.2, -0.15) is 0 Å². The molecule has 2 amide bonds. The molecule has 0 radical (unpaired) electrons. The Labute approximate surface area is 132 Å². The zero-order valence-corrected chi connectivity index (χ0v) is 14.3. The Kier molecular flexibility index (Phi) is 5.47. The van der Waals surface area contributed by atoms with Crippen molar-refractivity contribution < 1.29 is 18.0 Å². The van der Waals surface area contributed by atoms with Crippen molar-refractivity contribution in [2.24, 2.45) is 0 Å². The van der Waals surface area contributed by atoms with Crippen molar-refractivity contribution in [3.8, 4) is 0 Å². The molecular formula is C15H26N2O4S. The average molecular weight is 330 g/mol. The number of carbonyl (C=O) groups excluding carboxylic acids is 2. The SMILES string of the molecule is CCN(C(=O)CN(C(C)=O)C1CCCC1)C1CCS(=O)(=O)C1. The van der Waals surface area contributed by atoms with Crippen molar-refractivity contribution >= 4 is 21.7 Å². The van der Waals surface area contributed by atoms with Crippen LogP contribution in [-0.4, -0.2) is 66.7 Å². The Bertz CT molecular complexity index is 526. The van der Waals surface area contributed by atoms with Crippen molar-refractivity contribution in [2.45, 2.75) is 58.0 Å². The van der Waals surface area contributed by atoms with Crippen molar-refractivity contribution in [3.05, 3.63) is 0 Å². The number of sulfone groups is 1. The van der Waals surface area contributed by atoms with Gasteiger partial charge in [0.05, 0.1) is 18.1 Å². The summed E-state index contributed by atoms with van der Waals surface area (Å²) in [5.41, 5.74) is 0. The van der Waals surface area contributed by atoms with Crippen LogP contribution in [0.4, 0.5) is 0 Å². The molecule has 0 N–H and O–H groups in total. The molecule has 2 aliphatic rings. The van der Waals surface area contributed by atoms with E-state index >= 15 is 0 Å².